The molecule has 4 rings (SSSR count). The molecule has 0 aliphatic rings. The van der Waals surface area contributed by atoms with Gasteiger partial charge in [-0.1, -0.05) is 36.4 Å². The monoisotopic (exact) mass is 492 g/mol. The molecule has 1 aromatic heterocycles. The van der Waals surface area contributed by atoms with Gasteiger partial charge >= 0.3 is 6.18 Å². The Bertz CT molecular complexity index is 1320. The Morgan fingerprint density at radius 1 is 1.00 bits per heavy atom. The highest BCUT2D eigenvalue weighted by atomic mass is 32.1. The third kappa shape index (κ3) is 5.07. The quantitative estimate of drug-likeness (QED) is 0.341. The van der Waals surface area contributed by atoms with Crippen LogP contribution in [0.5, 0.6) is 0 Å². The average molecular weight is 492 g/mol. The van der Waals surface area contributed by atoms with E-state index in [-0.39, 0.29) is 27.8 Å². The van der Waals surface area contributed by atoms with E-state index in [2.05, 4.69) is 10.3 Å². The number of rotatable bonds is 6. The number of fused-ring (bicyclic) bond motifs is 1. The molecule has 176 valence electrons. The molecule has 0 bridgehead atoms. The van der Waals surface area contributed by atoms with Gasteiger partial charge in [-0.3, -0.25) is 4.79 Å². The van der Waals surface area contributed by atoms with Crippen molar-refractivity contribution in [3.63, 3.8) is 0 Å². The van der Waals surface area contributed by atoms with Crippen molar-refractivity contribution in [2.75, 3.05) is 0 Å². The fourth-order valence-electron chi connectivity index (χ4n) is 3.59. The van der Waals surface area contributed by atoms with E-state index in [9.17, 15) is 31.9 Å². The highest BCUT2D eigenvalue weighted by Crippen LogP contribution is 2.33. The second kappa shape index (κ2) is 9.47. The first kappa shape index (κ1) is 23.8. The predicted molar refractivity (Wildman–Crippen MR) is 117 cm³/mol. The van der Waals surface area contributed by atoms with Crippen molar-refractivity contribution in [2.24, 2.45) is 0 Å². The molecule has 0 aliphatic heterocycles. The maximum absolute atomic E-state index is 14.2. The normalized spacial score (nSPS) is 13.6. The molecule has 3 aromatic carbocycles. The maximum atomic E-state index is 14.2. The van der Waals surface area contributed by atoms with Gasteiger partial charge in [-0.05, 0) is 35.2 Å². The standard InChI is InChI=1S/C24H17F5N2O2S/c25-14-7-5-13(6-8-14)21(32)20(11-15-12-30-23(34-15)24(27,28)29)31-22(33)18-9-10-19(26)17-4-2-1-3-16(17)18/h1-10,12,20-21,32H,11H2,(H,31,33). The Labute approximate surface area is 194 Å². The van der Waals surface area contributed by atoms with E-state index in [0.29, 0.717) is 16.7 Å². The highest BCUT2D eigenvalue weighted by molar-refractivity contribution is 7.11. The van der Waals surface area contributed by atoms with Gasteiger partial charge in [0, 0.05) is 28.4 Å². The average Bonchev–Trinajstić information content (AvgIpc) is 3.28. The Morgan fingerprint density at radius 2 is 1.68 bits per heavy atom. The van der Waals surface area contributed by atoms with Crippen LogP contribution in [0.3, 0.4) is 0 Å². The van der Waals surface area contributed by atoms with Gasteiger partial charge in [-0.2, -0.15) is 13.2 Å². The van der Waals surface area contributed by atoms with E-state index in [4.69, 9.17) is 0 Å². The van der Waals surface area contributed by atoms with Crippen molar-refractivity contribution >= 4 is 28.0 Å². The summed E-state index contributed by atoms with van der Waals surface area (Å²) < 4.78 is 66.4. The SMILES string of the molecule is O=C(NC(Cc1cnc(C(F)(F)F)s1)C(O)c1ccc(F)cc1)c1ccc(F)c2ccccc12. The lowest BCUT2D eigenvalue weighted by Gasteiger charge is -2.24. The van der Waals surface area contributed by atoms with Gasteiger partial charge in [0.2, 0.25) is 0 Å². The molecule has 2 atom stereocenters. The fraction of sp³-hybridized carbons (Fsp3) is 0.167. The molecule has 2 N–H and O–H groups in total. The summed E-state index contributed by atoms with van der Waals surface area (Å²) in [5.41, 5.74) is 0.393. The fourth-order valence-corrected chi connectivity index (χ4v) is 4.43. The number of nitrogens with zero attached hydrogens (tertiary/aromatic N) is 1. The Morgan fingerprint density at radius 3 is 2.32 bits per heavy atom. The Hall–Kier alpha value is -3.37. The molecular formula is C24H17F5N2O2S. The number of benzene rings is 3. The van der Waals surface area contributed by atoms with Crippen LogP contribution < -0.4 is 5.32 Å². The van der Waals surface area contributed by atoms with Gasteiger partial charge in [0.05, 0.1) is 12.1 Å². The molecule has 1 amide bonds. The van der Waals surface area contributed by atoms with Crippen LogP contribution in [0, 0.1) is 11.6 Å². The second-order valence-corrected chi connectivity index (χ2v) is 8.67. The van der Waals surface area contributed by atoms with E-state index < -0.39 is 40.9 Å². The van der Waals surface area contributed by atoms with Crippen LogP contribution >= 0.6 is 11.3 Å². The number of aromatic nitrogens is 1. The number of carbonyl (C=O) groups is 1. The minimum Gasteiger partial charge on any atom is -0.386 e. The first-order chi connectivity index (χ1) is 16.1. The number of hydrogen-bond acceptors (Lipinski definition) is 4. The zero-order valence-electron chi connectivity index (χ0n) is 17.3. The van der Waals surface area contributed by atoms with Crippen molar-refractivity contribution < 1.29 is 31.9 Å². The summed E-state index contributed by atoms with van der Waals surface area (Å²) in [5, 5.41) is 13.1. The lowest BCUT2D eigenvalue weighted by atomic mass is 9.97. The molecule has 0 radical (unpaired) electrons. The molecule has 0 fully saturated rings. The molecule has 0 aliphatic carbocycles. The van der Waals surface area contributed by atoms with Crippen LogP contribution in [0.4, 0.5) is 22.0 Å². The third-order valence-corrected chi connectivity index (χ3v) is 6.31. The molecule has 34 heavy (non-hydrogen) atoms. The Kier molecular flexibility index (Phi) is 6.63. The van der Waals surface area contributed by atoms with Gasteiger partial charge in [-0.15, -0.1) is 11.3 Å². The van der Waals surface area contributed by atoms with Gasteiger partial charge in [0.25, 0.3) is 5.91 Å². The van der Waals surface area contributed by atoms with Crippen molar-refractivity contribution in [3.05, 3.63) is 99.5 Å². The van der Waals surface area contributed by atoms with Crippen LogP contribution in [0.1, 0.15) is 31.9 Å². The summed E-state index contributed by atoms with van der Waals surface area (Å²) in [5.74, 6) is -1.70. The first-order valence-corrected chi connectivity index (χ1v) is 10.9. The summed E-state index contributed by atoms with van der Waals surface area (Å²) in [7, 11) is 0. The van der Waals surface area contributed by atoms with Crippen LogP contribution in [-0.2, 0) is 12.6 Å². The van der Waals surface area contributed by atoms with Crippen molar-refractivity contribution in [2.45, 2.75) is 24.7 Å². The molecular weight excluding hydrogens is 475 g/mol. The topological polar surface area (TPSA) is 62.2 Å². The molecule has 0 saturated heterocycles. The number of amides is 1. The maximum Gasteiger partial charge on any atom is 0.443 e. The highest BCUT2D eigenvalue weighted by Gasteiger charge is 2.35. The van der Waals surface area contributed by atoms with Gasteiger partial charge in [0.1, 0.15) is 11.6 Å². The molecule has 4 aromatic rings. The van der Waals surface area contributed by atoms with Crippen LogP contribution in [0.15, 0.2) is 66.9 Å². The summed E-state index contributed by atoms with van der Waals surface area (Å²) in [6, 6.07) is 12.6. The van der Waals surface area contributed by atoms with Crippen molar-refractivity contribution in [1.29, 1.82) is 0 Å². The molecule has 1 heterocycles. The number of aliphatic hydroxyl groups excluding tert-OH is 1. The summed E-state index contributed by atoms with van der Waals surface area (Å²) >= 11 is 0.402. The number of hydrogen-bond donors (Lipinski definition) is 2. The van der Waals surface area contributed by atoms with Crippen molar-refractivity contribution in [3.8, 4) is 0 Å². The minimum absolute atomic E-state index is 0.133. The molecule has 0 saturated carbocycles. The number of thiazole rings is 1. The lowest BCUT2D eigenvalue weighted by Crippen LogP contribution is -2.41. The number of aliphatic hydroxyl groups is 1. The van der Waals surface area contributed by atoms with E-state index in [1.807, 2.05) is 0 Å². The van der Waals surface area contributed by atoms with Gasteiger partial charge < -0.3 is 10.4 Å². The van der Waals surface area contributed by atoms with Crippen molar-refractivity contribution in [1.82, 2.24) is 10.3 Å². The van der Waals surface area contributed by atoms with E-state index in [0.717, 1.165) is 24.4 Å². The molecule has 4 nitrogen and oxygen atoms in total. The number of carbonyl (C=O) groups excluding carboxylic acids is 1. The number of halogens is 5. The minimum atomic E-state index is -4.62. The molecule has 2 unspecified atom stereocenters. The van der Waals surface area contributed by atoms with Crippen LogP contribution in [0.2, 0.25) is 0 Å². The summed E-state index contributed by atoms with van der Waals surface area (Å²) in [4.78, 5) is 16.7. The molecule has 10 heteroatoms. The zero-order chi connectivity index (χ0) is 24.5. The molecule has 0 spiro atoms. The zero-order valence-corrected chi connectivity index (χ0v) is 18.1. The van der Waals surface area contributed by atoms with E-state index in [1.54, 1.807) is 18.2 Å². The van der Waals surface area contributed by atoms with E-state index >= 15 is 0 Å². The number of alkyl halides is 3. The second-order valence-electron chi connectivity index (χ2n) is 7.55. The Balaban J connectivity index is 1.66. The third-order valence-electron chi connectivity index (χ3n) is 5.24. The summed E-state index contributed by atoms with van der Waals surface area (Å²) in [6.45, 7) is 0. The van der Waals surface area contributed by atoms with Gasteiger partial charge in [0.15, 0.2) is 5.01 Å². The largest absolute Gasteiger partial charge is 0.443 e. The lowest BCUT2D eigenvalue weighted by molar-refractivity contribution is -0.137. The summed E-state index contributed by atoms with van der Waals surface area (Å²) in [6.07, 6.45) is -5.12. The number of nitrogens with one attached hydrogen (secondary N) is 1. The van der Waals surface area contributed by atoms with Gasteiger partial charge in [-0.25, -0.2) is 13.8 Å². The predicted octanol–water partition coefficient (Wildman–Crippen LogP) is 5.67. The smallest absolute Gasteiger partial charge is 0.386 e. The first-order valence-electron chi connectivity index (χ1n) is 10.1. The van der Waals surface area contributed by atoms with E-state index in [1.165, 1.54) is 24.3 Å². The van der Waals surface area contributed by atoms with Crippen LogP contribution in [0.25, 0.3) is 10.8 Å². The van der Waals surface area contributed by atoms with Crippen LogP contribution in [-0.4, -0.2) is 22.0 Å².